The number of nitrogens with two attached hydrogens (primary N) is 1. The molecule has 21 heavy (non-hydrogen) atoms. The second-order valence-electron chi connectivity index (χ2n) is 6.68. The second-order valence-corrected chi connectivity index (χ2v) is 7.50. The topological polar surface area (TPSA) is 46.3 Å². The molecular formula is C16H22Cl2N2O. The van der Waals surface area contributed by atoms with E-state index < -0.39 is 0 Å². The number of carbonyl (C=O) groups excluding carboxylic acids is 1. The van der Waals surface area contributed by atoms with Crippen molar-refractivity contribution in [1.82, 2.24) is 4.90 Å². The highest BCUT2D eigenvalue weighted by molar-refractivity contribution is 6.42. The Hall–Kier alpha value is -0.770. The maximum absolute atomic E-state index is 12.5. The largest absolute Gasteiger partial charge is 0.345 e. The van der Waals surface area contributed by atoms with Crippen molar-refractivity contribution >= 4 is 29.1 Å². The Labute approximate surface area is 136 Å². The van der Waals surface area contributed by atoms with Gasteiger partial charge in [-0.05, 0) is 42.0 Å². The molecule has 0 aromatic heterocycles. The lowest BCUT2D eigenvalue weighted by Crippen LogP contribution is -2.40. The van der Waals surface area contributed by atoms with Gasteiger partial charge in [-0.1, -0.05) is 43.1 Å². The first-order valence-corrected chi connectivity index (χ1v) is 7.91. The Bertz CT molecular complexity index is 545. The quantitative estimate of drug-likeness (QED) is 0.898. The minimum atomic E-state index is -0.0572. The Morgan fingerprint density at radius 3 is 2.62 bits per heavy atom. The van der Waals surface area contributed by atoms with E-state index >= 15 is 0 Å². The minimum absolute atomic E-state index is 0.0563. The van der Waals surface area contributed by atoms with Crippen LogP contribution in [0, 0.1) is 11.3 Å². The first kappa shape index (κ1) is 16.6. The summed E-state index contributed by atoms with van der Waals surface area (Å²) in [5.74, 6) is 0.504. The highest BCUT2D eigenvalue weighted by Crippen LogP contribution is 2.49. The minimum Gasteiger partial charge on any atom is -0.345 e. The number of rotatable bonds is 5. The van der Waals surface area contributed by atoms with Gasteiger partial charge in [0.05, 0.1) is 10.0 Å². The van der Waals surface area contributed by atoms with E-state index in [-0.39, 0.29) is 23.2 Å². The molecule has 1 aliphatic rings. The zero-order valence-electron chi connectivity index (χ0n) is 12.7. The molecule has 1 aliphatic carbocycles. The molecule has 1 amide bonds. The summed E-state index contributed by atoms with van der Waals surface area (Å²) < 4.78 is 0. The summed E-state index contributed by atoms with van der Waals surface area (Å²) in [5.41, 5.74) is 6.77. The maximum Gasteiger partial charge on any atom is 0.226 e. The summed E-state index contributed by atoms with van der Waals surface area (Å²) in [4.78, 5) is 14.3. The summed E-state index contributed by atoms with van der Waals surface area (Å²) >= 11 is 12.0. The monoisotopic (exact) mass is 328 g/mol. The van der Waals surface area contributed by atoms with Crippen molar-refractivity contribution in [3.05, 3.63) is 33.8 Å². The predicted molar refractivity (Wildman–Crippen MR) is 87.8 cm³/mol. The normalized spacial score (nSPS) is 21.2. The number of carbonyl (C=O) groups is 1. The lowest BCUT2D eigenvalue weighted by molar-refractivity contribution is -0.132. The predicted octanol–water partition coefficient (Wildman–Crippen LogP) is 3.54. The molecule has 2 rings (SSSR count). The van der Waals surface area contributed by atoms with Crippen molar-refractivity contribution < 1.29 is 4.79 Å². The number of hydrogen-bond acceptors (Lipinski definition) is 2. The third-order valence-corrected chi connectivity index (χ3v) is 4.81. The van der Waals surface area contributed by atoms with E-state index in [1.165, 1.54) is 0 Å². The molecule has 3 nitrogen and oxygen atoms in total. The molecule has 1 saturated carbocycles. The molecule has 0 heterocycles. The van der Waals surface area contributed by atoms with Gasteiger partial charge in [-0.2, -0.15) is 0 Å². The second kappa shape index (κ2) is 6.15. The average molecular weight is 329 g/mol. The molecular weight excluding hydrogens is 307 g/mol. The summed E-state index contributed by atoms with van der Waals surface area (Å²) in [6.45, 7) is 5.37. The average Bonchev–Trinajstić information content (AvgIpc) is 3.21. The Morgan fingerprint density at radius 1 is 1.38 bits per heavy atom. The van der Waals surface area contributed by atoms with Crippen molar-refractivity contribution in [2.24, 2.45) is 17.1 Å². The highest BCUT2D eigenvalue weighted by atomic mass is 35.5. The maximum atomic E-state index is 12.5. The molecule has 0 radical (unpaired) electrons. The number of amides is 1. The molecule has 1 fully saturated rings. The zero-order valence-corrected chi connectivity index (χ0v) is 14.2. The molecule has 0 bridgehead atoms. The first-order valence-electron chi connectivity index (χ1n) is 7.15. The molecule has 0 spiro atoms. The molecule has 2 N–H and O–H groups in total. The van der Waals surface area contributed by atoms with Crippen LogP contribution in [-0.2, 0) is 4.79 Å². The van der Waals surface area contributed by atoms with Crippen LogP contribution in [0.25, 0.3) is 0 Å². The number of benzene rings is 1. The fourth-order valence-corrected chi connectivity index (χ4v) is 2.95. The molecule has 5 heteroatoms. The summed E-state index contributed by atoms with van der Waals surface area (Å²) in [5, 5.41) is 1.09. The van der Waals surface area contributed by atoms with Gasteiger partial charge in [0.2, 0.25) is 5.91 Å². The Balaban J connectivity index is 1.99. The molecule has 1 aromatic carbocycles. The first-order chi connectivity index (χ1) is 9.75. The smallest absolute Gasteiger partial charge is 0.226 e. The van der Waals surface area contributed by atoms with Gasteiger partial charge in [-0.25, -0.2) is 0 Å². The zero-order chi connectivity index (χ0) is 15.8. The van der Waals surface area contributed by atoms with Gasteiger partial charge < -0.3 is 10.6 Å². The number of nitrogens with zero attached hydrogens (tertiary/aromatic N) is 1. The van der Waals surface area contributed by atoms with Crippen LogP contribution in [0.2, 0.25) is 10.0 Å². The van der Waals surface area contributed by atoms with Crippen molar-refractivity contribution in [3.63, 3.8) is 0 Å². The number of hydrogen-bond donors (Lipinski definition) is 1. The Morgan fingerprint density at radius 2 is 2.05 bits per heavy atom. The van der Waals surface area contributed by atoms with Crippen LogP contribution in [0.5, 0.6) is 0 Å². The van der Waals surface area contributed by atoms with Crippen LogP contribution < -0.4 is 5.73 Å². The van der Waals surface area contributed by atoms with E-state index in [2.05, 4.69) is 13.8 Å². The summed E-state index contributed by atoms with van der Waals surface area (Å²) in [6.07, 6.45) is 0.879. The van der Waals surface area contributed by atoms with Gasteiger partial charge in [0, 0.05) is 19.5 Å². The fourth-order valence-electron chi connectivity index (χ4n) is 2.65. The third-order valence-electron chi connectivity index (χ3n) is 4.07. The number of halogens is 2. The van der Waals surface area contributed by atoms with Gasteiger partial charge in [-0.3, -0.25) is 4.79 Å². The van der Waals surface area contributed by atoms with E-state index in [1.54, 1.807) is 11.0 Å². The van der Waals surface area contributed by atoms with Crippen LogP contribution >= 0.6 is 23.2 Å². The fraction of sp³-hybridized carbons (Fsp3) is 0.562. The van der Waals surface area contributed by atoms with Crippen LogP contribution in [0.1, 0.15) is 31.7 Å². The SMILES string of the molecule is CN(CC(C)(C)CN)C(=O)C1CC1c1ccc(Cl)c(Cl)c1. The van der Waals surface area contributed by atoms with Gasteiger partial charge in [0.25, 0.3) is 0 Å². The van der Waals surface area contributed by atoms with E-state index in [0.717, 1.165) is 12.0 Å². The highest BCUT2D eigenvalue weighted by Gasteiger charge is 2.45. The third kappa shape index (κ3) is 3.91. The van der Waals surface area contributed by atoms with E-state index in [4.69, 9.17) is 28.9 Å². The van der Waals surface area contributed by atoms with Gasteiger partial charge in [0.15, 0.2) is 0 Å². The van der Waals surface area contributed by atoms with Gasteiger partial charge in [0.1, 0.15) is 0 Å². The van der Waals surface area contributed by atoms with Crippen LogP contribution in [0.4, 0.5) is 0 Å². The standard InChI is InChI=1S/C16H22Cl2N2O/c1-16(2,8-19)9-20(3)15(21)12-7-11(12)10-4-5-13(17)14(18)6-10/h4-6,11-12H,7-9,19H2,1-3H3. The van der Waals surface area contributed by atoms with Crippen molar-refractivity contribution in [3.8, 4) is 0 Å². The molecule has 1 aromatic rings. The molecule has 0 saturated heterocycles. The molecule has 2 atom stereocenters. The molecule has 116 valence electrons. The van der Waals surface area contributed by atoms with Crippen molar-refractivity contribution in [2.45, 2.75) is 26.2 Å². The van der Waals surface area contributed by atoms with Gasteiger partial charge >= 0.3 is 0 Å². The van der Waals surface area contributed by atoms with E-state index in [0.29, 0.717) is 23.1 Å². The molecule has 0 aliphatic heterocycles. The molecule has 2 unspecified atom stereocenters. The van der Waals surface area contributed by atoms with Crippen LogP contribution in [-0.4, -0.2) is 30.9 Å². The van der Waals surface area contributed by atoms with E-state index in [1.807, 2.05) is 19.2 Å². The summed E-state index contributed by atoms with van der Waals surface area (Å²) in [7, 11) is 1.85. The van der Waals surface area contributed by atoms with Gasteiger partial charge in [-0.15, -0.1) is 0 Å². The Kier molecular flexibility index (Phi) is 4.86. The van der Waals surface area contributed by atoms with Crippen LogP contribution in [0.15, 0.2) is 18.2 Å². The lowest BCUT2D eigenvalue weighted by atomic mass is 9.93. The van der Waals surface area contributed by atoms with Crippen molar-refractivity contribution in [1.29, 1.82) is 0 Å². The van der Waals surface area contributed by atoms with Crippen LogP contribution in [0.3, 0.4) is 0 Å². The summed E-state index contributed by atoms with van der Waals surface area (Å²) in [6, 6.07) is 5.61. The lowest BCUT2D eigenvalue weighted by Gasteiger charge is -2.29. The van der Waals surface area contributed by atoms with Crippen molar-refractivity contribution in [2.75, 3.05) is 20.1 Å². The van der Waals surface area contributed by atoms with E-state index in [9.17, 15) is 4.79 Å².